The first-order chi connectivity index (χ1) is 9.25. The van der Waals surface area contributed by atoms with Gasteiger partial charge in [0.2, 0.25) is 0 Å². The molecule has 4 nitrogen and oxygen atoms in total. The van der Waals surface area contributed by atoms with Gasteiger partial charge in [0.25, 0.3) is 5.91 Å². The van der Waals surface area contributed by atoms with E-state index >= 15 is 0 Å². The van der Waals surface area contributed by atoms with E-state index in [1.807, 2.05) is 17.0 Å². The molecule has 1 aromatic rings. The smallest absolute Gasteiger partial charge is 0.272 e. The molecule has 0 aromatic carbocycles. The highest BCUT2D eigenvalue weighted by Gasteiger charge is 2.48. The van der Waals surface area contributed by atoms with Crippen LogP contribution in [0.25, 0.3) is 0 Å². The zero-order chi connectivity index (χ0) is 13.3. The summed E-state index contributed by atoms with van der Waals surface area (Å²) in [5, 5.41) is 0. The van der Waals surface area contributed by atoms with Crippen molar-refractivity contribution in [3.8, 4) is 0 Å². The number of amides is 1. The van der Waals surface area contributed by atoms with Crippen LogP contribution in [0, 0.1) is 5.41 Å². The Bertz CT molecular complexity index is 450. The van der Waals surface area contributed by atoms with Crippen LogP contribution in [0.15, 0.2) is 24.4 Å². The number of aromatic nitrogens is 1. The van der Waals surface area contributed by atoms with E-state index in [2.05, 4.69) is 4.98 Å². The number of nitrogens with zero attached hydrogens (tertiary/aromatic N) is 2. The Hall–Kier alpha value is -1.42. The van der Waals surface area contributed by atoms with Crippen molar-refractivity contribution in [2.75, 3.05) is 20.2 Å². The summed E-state index contributed by atoms with van der Waals surface area (Å²) in [7, 11) is 1.80. The van der Waals surface area contributed by atoms with Gasteiger partial charge in [0, 0.05) is 31.8 Å². The summed E-state index contributed by atoms with van der Waals surface area (Å²) in [5.41, 5.74) is 0.894. The fourth-order valence-electron chi connectivity index (χ4n) is 3.42. The topological polar surface area (TPSA) is 42.4 Å². The van der Waals surface area contributed by atoms with E-state index < -0.39 is 0 Å². The lowest BCUT2D eigenvalue weighted by Crippen LogP contribution is -2.54. The van der Waals surface area contributed by atoms with Gasteiger partial charge in [0.15, 0.2) is 0 Å². The zero-order valence-electron chi connectivity index (χ0n) is 11.3. The van der Waals surface area contributed by atoms with Crippen molar-refractivity contribution in [1.82, 2.24) is 9.88 Å². The summed E-state index contributed by atoms with van der Waals surface area (Å²) in [6, 6.07) is 5.48. The third-order valence-corrected chi connectivity index (χ3v) is 4.80. The lowest BCUT2D eigenvalue weighted by molar-refractivity contribution is -0.116. The third-order valence-electron chi connectivity index (χ3n) is 4.80. The van der Waals surface area contributed by atoms with Crippen LogP contribution in [0.2, 0.25) is 0 Å². The van der Waals surface area contributed by atoms with Crippen LogP contribution in [0.4, 0.5) is 0 Å². The predicted molar refractivity (Wildman–Crippen MR) is 71.8 cm³/mol. The monoisotopic (exact) mass is 260 g/mol. The van der Waals surface area contributed by atoms with E-state index in [4.69, 9.17) is 4.74 Å². The summed E-state index contributed by atoms with van der Waals surface area (Å²) < 4.78 is 5.54. The first-order valence-electron chi connectivity index (χ1n) is 6.98. The number of hydrogen-bond donors (Lipinski definition) is 0. The fourth-order valence-corrected chi connectivity index (χ4v) is 3.42. The number of piperidine rings is 1. The van der Waals surface area contributed by atoms with Crippen molar-refractivity contribution < 1.29 is 9.53 Å². The first kappa shape index (κ1) is 12.6. The molecule has 0 radical (unpaired) electrons. The molecule has 1 aromatic heterocycles. The summed E-state index contributed by atoms with van der Waals surface area (Å²) >= 11 is 0. The van der Waals surface area contributed by atoms with Crippen molar-refractivity contribution in [3.05, 3.63) is 30.1 Å². The highest BCUT2D eigenvalue weighted by atomic mass is 16.5. The van der Waals surface area contributed by atoms with Gasteiger partial charge in [-0.15, -0.1) is 0 Å². The van der Waals surface area contributed by atoms with E-state index in [1.165, 1.54) is 12.8 Å². The molecule has 1 spiro atoms. The van der Waals surface area contributed by atoms with Gasteiger partial charge in [-0.1, -0.05) is 6.07 Å². The minimum Gasteiger partial charge on any atom is -0.381 e. The number of ether oxygens (including phenoxy) is 1. The molecular formula is C15H20N2O2. The van der Waals surface area contributed by atoms with Crippen LogP contribution < -0.4 is 0 Å². The molecular weight excluding hydrogens is 240 g/mol. The predicted octanol–water partition coefficient (Wildman–Crippen LogP) is 2.11. The molecule has 102 valence electrons. The zero-order valence-corrected chi connectivity index (χ0v) is 11.3. The number of rotatable bonds is 2. The third kappa shape index (κ3) is 2.14. The number of hydrogen-bond acceptors (Lipinski definition) is 3. The molecule has 1 atom stereocenters. The Balaban J connectivity index is 1.63. The van der Waals surface area contributed by atoms with Gasteiger partial charge in [-0.05, 0) is 37.8 Å². The van der Waals surface area contributed by atoms with Crippen LogP contribution in [0.1, 0.15) is 36.2 Å². The molecule has 19 heavy (non-hydrogen) atoms. The minimum atomic E-state index is 0.0590. The standard InChI is InChI=1S/C15H20N2O2/c1-19-13-5-6-15(13)7-10-17(11-8-15)14(18)12-4-2-3-9-16-12/h2-4,9,13H,5-8,10-11H2,1H3. The van der Waals surface area contributed by atoms with Crippen molar-refractivity contribution in [2.24, 2.45) is 5.41 Å². The number of likely N-dealkylation sites (tertiary alicyclic amines) is 1. The van der Waals surface area contributed by atoms with E-state index in [9.17, 15) is 4.79 Å². The van der Waals surface area contributed by atoms with Gasteiger partial charge >= 0.3 is 0 Å². The Kier molecular flexibility index (Phi) is 3.27. The lowest BCUT2D eigenvalue weighted by Gasteiger charge is -2.53. The molecule has 1 amide bonds. The van der Waals surface area contributed by atoms with Crippen molar-refractivity contribution in [3.63, 3.8) is 0 Å². The molecule has 0 N–H and O–H groups in total. The maximum absolute atomic E-state index is 12.3. The fraction of sp³-hybridized carbons (Fsp3) is 0.600. The SMILES string of the molecule is COC1CCC12CCN(C(=O)c1ccccn1)CC2. The Morgan fingerprint density at radius 3 is 2.68 bits per heavy atom. The van der Waals surface area contributed by atoms with Gasteiger partial charge in [-0.2, -0.15) is 0 Å². The van der Waals surface area contributed by atoms with Crippen LogP contribution in [-0.4, -0.2) is 42.1 Å². The maximum Gasteiger partial charge on any atom is 0.272 e. The summed E-state index contributed by atoms with van der Waals surface area (Å²) in [6.45, 7) is 1.66. The summed E-state index contributed by atoms with van der Waals surface area (Å²) in [4.78, 5) is 18.4. The minimum absolute atomic E-state index is 0.0590. The van der Waals surface area contributed by atoms with Gasteiger partial charge in [-0.25, -0.2) is 0 Å². The summed E-state index contributed by atoms with van der Waals surface area (Å²) in [6.07, 6.45) is 6.61. The molecule has 1 saturated heterocycles. The Labute approximate surface area is 113 Å². The molecule has 4 heteroatoms. The molecule has 0 bridgehead atoms. The normalized spacial score (nSPS) is 25.1. The second-order valence-electron chi connectivity index (χ2n) is 5.63. The highest BCUT2D eigenvalue weighted by molar-refractivity contribution is 5.92. The second kappa shape index (κ2) is 4.93. The van der Waals surface area contributed by atoms with Gasteiger partial charge in [0.1, 0.15) is 5.69 Å². The molecule has 2 aliphatic rings. The molecule has 2 heterocycles. The number of carbonyl (C=O) groups is 1. The van der Waals surface area contributed by atoms with Crippen LogP contribution in [0.3, 0.4) is 0 Å². The number of pyridine rings is 1. The van der Waals surface area contributed by atoms with Crippen molar-refractivity contribution in [2.45, 2.75) is 31.8 Å². The molecule has 1 saturated carbocycles. The van der Waals surface area contributed by atoms with Gasteiger partial charge in [-0.3, -0.25) is 9.78 Å². The number of methoxy groups -OCH3 is 1. The molecule has 1 aliphatic heterocycles. The number of carbonyl (C=O) groups excluding carboxylic acids is 1. The maximum atomic E-state index is 12.3. The van der Waals surface area contributed by atoms with E-state index in [0.717, 1.165) is 25.9 Å². The average molecular weight is 260 g/mol. The molecule has 1 unspecified atom stereocenters. The van der Waals surface area contributed by atoms with Crippen LogP contribution in [0.5, 0.6) is 0 Å². The van der Waals surface area contributed by atoms with E-state index in [0.29, 0.717) is 17.2 Å². The quantitative estimate of drug-likeness (QED) is 0.818. The van der Waals surface area contributed by atoms with Crippen molar-refractivity contribution >= 4 is 5.91 Å². The molecule has 1 aliphatic carbocycles. The van der Waals surface area contributed by atoms with Crippen LogP contribution >= 0.6 is 0 Å². The highest BCUT2D eigenvalue weighted by Crippen LogP contribution is 2.50. The average Bonchev–Trinajstić information content (AvgIpc) is 2.47. The lowest BCUT2D eigenvalue weighted by atomic mass is 9.61. The Morgan fingerprint density at radius 2 is 2.16 bits per heavy atom. The summed E-state index contributed by atoms with van der Waals surface area (Å²) in [5.74, 6) is 0.0590. The molecule has 2 fully saturated rings. The van der Waals surface area contributed by atoms with Crippen molar-refractivity contribution in [1.29, 1.82) is 0 Å². The van der Waals surface area contributed by atoms with E-state index in [-0.39, 0.29) is 5.91 Å². The van der Waals surface area contributed by atoms with E-state index in [1.54, 1.807) is 19.4 Å². The van der Waals surface area contributed by atoms with Gasteiger partial charge < -0.3 is 9.64 Å². The first-order valence-corrected chi connectivity index (χ1v) is 6.98. The second-order valence-corrected chi connectivity index (χ2v) is 5.63. The largest absolute Gasteiger partial charge is 0.381 e. The Morgan fingerprint density at radius 1 is 1.37 bits per heavy atom. The van der Waals surface area contributed by atoms with Crippen LogP contribution in [-0.2, 0) is 4.74 Å². The molecule has 3 rings (SSSR count). The van der Waals surface area contributed by atoms with Gasteiger partial charge in [0.05, 0.1) is 6.10 Å².